The van der Waals surface area contributed by atoms with Crippen LogP contribution < -0.4 is 5.32 Å². The zero-order chi connectivity index (χ0) is 20.8. The van der Waals surface area contributed by atoms with E-state index >= 15 is 0 Å². The van der Waals surface area contributed by atoms with E-state index in [0.717, 1.165) is 22.7 Å². The van der Waals surface area contributed by atoms with Gasteiger partial charge in [-0.2, -0.15) is 0 Å². The van der Waals surface area contributed by atoms with Crippen LogP contribution in [0.5, 0.6) is 0 Å². The van der Waals surface area contributed by atoms with Gasteiger partial charge in [-0.1, -0.05) is 35.9 Å². The molecule has 0 spiro atoms. The van der Waals surface area contributed by atoms with Gasteiger partial charge in [-0.25, -0.2) is 8.42 Å². The van der Waals surface area contributed by atoms with Gasteiger partial charge in [0.2, 0.25) is 0 Å². The number of aromatic nitrogens is 1. The number of H-pyrrole nitrogens is 1. The Morgan fingerprint density at radius 2 is 2.03 bits per heavy atom. The number of hydrogen-bond donors (Lipinski definition) is 3. The fourth-order valence-electron chi connectivity index (χ4n) is 4.17. The topological polar surface area (TPSA) is 99.3 Å². The molecule has 3 aromatic rings. The summed E-state index contributed by atoms with van der Waals surface area (Å²) >= 11 is 6.00. The zero-order valence-electron chi connectivity index (χ0n) is 15.8. The minimum atomic E-state index is -3.43. The molecule has 0 fully saturated rings. The van der Waals surface area contributed by atoms with Crippen molar-refractivity contribution in [2.75, 3.05) is 12.0 Å². The van der Waals surface area contributed by atoms with Gasteiger partial charge in [-0.3, -0.25) is 4.79 Å². The largest absolute Gasteiger partial charge is 0.384 e. The number of sulfone groups is 1. The summed E-state index contributed by atoms with van der Waals surface area (Å²) in [5, 5.41) is 15.5. The second-order valence-electron chi connectivity index (χ2n) is 7.75. The lowest BCUT2D eigenvalue weighted by Gasteiger charge is -2.38. The molecule has 6 nitrogen and oxygen atoms in total. The number of benzene rings is 2. The van der Waals surface area contributed by atoms with Gasteiger partial charge in [0.1, 0.15) is 11.3 Å². The normalized spacial score (nSPS) is 21.7. The summed E-state index contributed by atoms with van der Waals surface area (Å²) in [5.41, 5.74) is 1.07. The Bertz CT molecular complexity index is 1200. The molecule has 1 unspecified atom stereocenters. The molecule has 2 atom stereocenters. The number of amides is 1. The van der Waals surface area contributed by atoms with Gasteiger partial charge in [0, 0.05) is 34.6 Å². The molecule has 0 bridgehead atoms. The molecule has 2 aromatic carbocycles. The van der Waals surface area contributed by atoms with Gasteiger partial charge in [0.05, 0.1) is 5.75 Å². The molecule has 152 valence electrons. The number of aromatic amines is 1. The van der Waals surface area contributed by atoms with Crippen molar-refractivity contribution in [2.24, 2.45) is 0 Å². The van der Waals surface area contributed by atoms with E-state index in [9.17, 15) is 18.3 Å². The Kier molecular flexibility index (Phi) is 4.93. The molecule has 0 radical (unpaired) electrons. The van der Waals surface area contributed by atoms with Crippen molar-refractivity contribution in [1.29, 1.82) is 0 Å². The number of aliphatic hydroxyl groups is 1. The van der Waals surface area contributed by atoms with Crippen LogP contribution >= 0.6 is 11.6 Å². The van der Waals surface area contributed by atoms with Gasteiger partial charge in [0.15, 0.2) is 9.84 Å². The van der Waals surface area contributed by atoms with E-state index in [4.69, 9.17) is 11.6 Å². The molecule has 1 heterocycles. The Hall–Kier alpha value is -2.35. The molecule has 1 aliphatic rings. The third kappa shape index (κ3) is 4.17. The van der Waals surface area contributed by atoms with Crippen LogP contribution in [0.1, 0.15) is 28.0 Å². The fraction of sp³-hybridized carbons (Fsp3) is 0.286. The van der Waals surface area contributed by atoms with Crippen LogP contribution in [0, 0.1) is 0 Å². The summed E-state index contributed by atoms with van der Waals surface area (Å²) in [4.78, 5) is 15.9. The van der Waals surface area contributed by atoms with Crippen LogP contribution in [0.4, 0.5) is 0 Å². The number of carbonyl (C=O) groups is 1. The maximum atomic E-state index is 12.8. The molecule has 1 aliphatic carbocycles. The van der Waals surface area contributed by atoms with E-state index < -0.39 is 27.2 Å². The second kappa shape index (κ2) is 7.16. The predicted octanol–water partition coefficient (Wildman–Crippen LogP) is 2.80. The first-order valence-electron chi connectivity index (χ1n) is 9.21. The average molecular weight is 433 g/mol. The van der Waals surface area contributed by atoms with Crippen molar-refractivity contribution in [3.63, 3.8) is 0 Å². The monoisotopic (exact) mass is 432 g/mol. The van der Waals surface area contributed by atoms with E-state index in [1.165, 1.54) is 0 Å². The minimum absolute atomic E-state index is 0.120. The van der Waals surface area contributed by atoms with Crippen LogP contribution in [0.3, 0.4) is 0 Å². The number of hydrogen-bond acceptors (Lipinski definition) is 4. The van der Waals surface area contributed by atoms with Crippen molar-refractivity contribution in [3.05, 3.63) is 70.4 Å². The average Bonchev–Trinajstić information content (AvgIpc) is 3.03. The van der Waals surface area contributed by atoms with E-state index in [1.54, 1.807) is 36.4 Å². The summed E-state index contributed by atoms with van der Waals surface area (Å²) in [5.74, 6) is -0.711. The zero-order valence-corrected chi connectivity index (χ0v) is 17.3. The van der Waals surface area contributed by atoms with E-state index in [-0.39, 0.29) is 12.3 Å². The summed E-state index contributed by atoms with van der Waals surface area (Å²) < 4.78 is 23.9. The van der Waals surface area contributed by atoms with E-state index in [2.05, 4.69) is 10.3 Å². The molecule has 0 saturated heterocycles. The number of halogens is 1. The number of carbonyl (C=O) groups excluding carboxylic acids is 1. The Labute approximate surface area is 173 Å². The molecule has 0 saturated carbocycles. The summed E-state index contributed by atoms with van der Waals surface area (Å²) in [7, 11) is -3.43. The van der Waals surface area contributed by atoms with E-state index in [0.29, 0.717) is 22.7 Å². The van der Waals surface area contributed by atoms with Crippen molar-refractivity contribution >= 4 is 38.2 Å². The highest BCUT2D eigenvalue weighted by atomic mass is 35.5. The standard InChI is InChI=1S/C21H21ClN2O4S/c1-29(27,28)12-21(26)11-16(9-13-4-2-3-5-17(13)21)23-20(25)19-10-14-8-15(22)6-7-18(14)24-19/h2-8,10,16,24,26H,9,11-12H2,1H3,(H,23,25)/t16?,21-/m0/s1. The van der Waals surface area contributed by atoms with Crippen molar-refractivity contribution in [3.8, 4) is 0 Å². The molecule has 0 aliphatic heterocycles. The van der Waals surface area contributed by atoms with Crippen molar-refractivity contribution in [1.82, 2.24) is 10.3 Å². The van der Waals surface area contributed by atoms with E-state index in [1.807, 2.05) is 12.1 Å². The lowest BCUT2D eigenvalue weighted by Crippen LogP contribution is -2.48. The highest BCUT2D eigenvalue weighted by Crippen LogP contribution is 2.36. The molecule has 1 amide bonds. The van der Waals surface area contributed by atoms with Crippen LogP contribution in [-0.2, 0) is 21.9 Å². The molecule has 29 heavy (non-hydrogen) atoms. The molecule has 4 rings (SSSR count). The Morgan fingerprint density at radius 3 is 2.79 bits per heavy atom. The van der Waals surface area contributed by atoms with Gasteiger partial charge >= 0.3 is 0 Å². The first kappa shape index (κ1) is 19.9. The summed E-state index contributed by atoms with van der Waals surface area (Å²) in [6, 6.07) is 13.8. The van der Waals surface area contributed by atoms with Crippen LogP contribution in [0.25, 0.3) is 10.9 Å². The Morgan fingerprint density at radius 1 is 1.28 bits per heavy atom. The van der Waals surface area contributed by atoms with Crippen molar-refractivity contribution < 1.29 is 18.3 Å². The van der Waals surface area contributed by atoms with Crippen LogP contribution in [0.2, 0.25) is 5.02 Å². The molecular formula is C21H21ClN2O4S. The number of rotatable bonds is 4. The second-order valence-corrected chi connectivity index (χ2v) is 10.3. The van der Waals surface area contributed by atoms with Gasteiger partial charge in [-0.15, -0.1) is 0 Å². The maximum absolute atomic E-state index is 12.8. The summed E-state index contributed by atoms with van der Waals surface area (Å²) in [6.07, 6.45) is 1.74. The van der Waals surface area contributed by atoms with Gasteiger partial charge in [0.25, 0.3) is 5.91 Å². The molecule has 3 N–H and O–H groups in total. The fourth-order valence-corrected chi connectivity index (χ4v) is 5.49. The minimum Gasteiger partial charge on any atom is -0.384 e. The smallest absolute Gasteiger partial charge is 0.267 e. The first-order chi connectivity index (χ1) is 13.6. The predicted molar refractivity (Wildman–Crippen MR) is 113 cm³/mol. The molecule has 8 heteroatoms. The third-order valence-corrected chi connectivity index (χ3v) is 6.47. The van der Waals surface area contributed by atoms with Gasteiger partial charge in [-0.05, 0) is 41.8 Å². The highest BCUT2D eigenvalue weighted by Gasteiger charge is 2.41. The third-order valence-electron chi connectivity index (χ3n) is 5.23. The Balaban J connectivity index is 1.61. The maximum Gasteiger partial charge on any atom is 0.267 e. The SMILES string of the molecule is CS(=O)(=O)C[C@@]1(O)CC(NC(=O)c2cc3cc(Cl)ccc3[nH]2)Cc2ccccc21. The first-order valence-corrected chi connectivity index (χ1v) is 11.6. The lowest BCUT2D eigenvalue weighted by molar-refractivity contribution is 0.0311. The molecular weight excluding hydrogens is 412 g/mol. The molecule has 1 aromatic heterocycles. The van der Waals surface area contributed by atoms with Crippen molar-refractivity contribution in [2.45, 2.75) is 24.5 Å². The quantitative estimate of drug-likeness (QED) is 0.590. The van der Waals surface area contributed by atoms with Crippen LogP contribution in [0.15, 0.2) is 48.5 Å². The highest BCUT2D eigenvalue weighted by molar-refractivity contribution is 7.90. The number of nitrogens with one attached hydrogen (secondary N) is 2. The summed E-state index contributed by atoms with van der Waals surface area (Å²) in [6.45, 7) is 0. The number of fused-ring (bicyclic) bond motifs is 2. The van der Waals surface area contributed by atoms with Crippen LogP contribution in [-0.4, -0.2) is 42.5 Å². The van der Waals surface area contributed by atoms with Gasteiger partial charge < -0.3 is 15.4 Å². The lowest BCUT2D eigenvalue weighted by atomic mass is 9.77.